The van der Waals surface area contributed by atoms with Crippen molar-refractivity contribution < 1.29 is 23.9 Å². The zero-order chi connectivity index (χ0) is 19.7. The molecule has 3 aliphatic carbocycles. The van der Waals surface area contributed by atoms with Crippen molar-refractivity contribution in [2.75, 3.05) is 0 Å². The minimum atomic E-state index is -0.833. The van der Waals surface area contributed by atoms with Crippen molar-refractivity contribution in [1.82, 2.24) is 0 Å². The number of ketones is 1. The zero-order valence-electron chi connectivity index (χ0n) is 16.8. The van der Waals surface area contributed by atoms with E-state index in [1.165, 1.54) is 6.92 Å². The SMILES string of the molecule is CC(=O)O[C@@H]1C[C@@H](C)[C@]23C=CC(=O)[C@@]2(C)[C@@H](OC(=O)C(C)C)C(C)(C)[C@H]13. The Hall–Kier alpha value is -1.65. The summed E-state index contributed by atoms with van der Waals surface area (Å²) in [5.74, 6) is -0.802. The van der Waals surface area contributed by atoms with E-state index in [9.17, 15) is 14.4 Å². The van der Waals surface area contributed by atoms with Crippen LogP contribution < -0.4 is 0 Å². The number of allylic oxidation sites excluding steroid dienone is 2. The molecule has 3 aliphatic rings. The van der Waals surface area contributed by atoms with Gasteiger partial charge in [0.25, 0.3) is 0 Å². The Kier molecular flexibility index (Phi) is 4.17. The summed E-state index contributed by atoms with van der Waals surface area (Å²) in [7, 11) is 0. The maximum absolute atomic E-state index is 13.1. The highest BCUT2D eigenvalue weighted by molar-refractivity contribution is 6.00. The van der Waals surface area contributed by atoms with E-state index >= 15 is 0 Å². The number of hydrogen-bond donors (Lipinski definition) is 0. The molecule has 0 aromatic rings. The van der Waals surface area contributed by atoms with Gasteiger partial charge in [-0.05, 0) is 25.3 Å². The van der Waals surface area contributed by atoms with Crippen LogP contribution in [-0.4, -0.2) is 29.9 Å². The highest BCUT2D eigenvalue weighted by Gasteiger charge is 2.80. The van der Waals surface area contributed by atoms with Gasteiger partial charge in [-0.1, -0.05) is 40.7 Å². The van der Waals surface area contributed by atoms with E-state index in [0.29, 0.717) is 6.42 Å². The summed E-state index contributed by atoms with van der Waals surface area (Å²) in [5.41, 5.74) is -1.79. The molecule has 5 nitrogen and oxygen atoms in total. The van der Waals surface area contributed by atoms with Gasteiger partial charge in [-0.2, -0.15) is 0 Å². The molecule has 0 N–H and O–H groups in total. The topological polar surface area (TPSA) is 69.7 Å². The molecule has 0 aromatic heterocycles. The summed E-state index contributed by atoms with van der Waals surface area (Å²) in [4.78, 5) is 37.2. The van der Waals surface area contributed by atoms with Crippen molar-refractivity contribution in [2.24, 2.45) is 34.0 Å². The molecule has 0 saturated heterocycles. The minimum Gasteiger partial charge on any atom is -0.462 e. The molecule has 0 bridgehead atoms. The lowest BCUT2D eigenvalue weighted by atomic mass is 9.61. The summed E-state index contributed by atoms with van der Waals surface area (Å²) in [6, 6.07) is 0. The van der Waals surface area contributed by atoms with Crippen LogP contribution in [-0.2, 0) is 23.9 Å². The lowest BCUT2D eigenvalue weighted by molar-refractivity contribution is -0.171. The Bertz CT molecular complexity index is 691. The van der Waals surface area contributed by atoms with Crippen molar-refractivity contribution in [1.29, 1.82) is 0 Å². The van der Waals surface area contributed by atoms with Crippen LogP contribution in [0.1, 0.15) is 54.9 Å². The standard InChI is InChI=1S/C21H30O5/c1-11(2)17(24)26-18-19(5,6)16-14(25-13(4)22)10-12(3)21(16)9-8-15(23)20(18,21)7/h8-9,11-12,14,16,18H,10H2,1-7H3/t12-,14-,16+,18+,20+,21+/m1/s1. The van der Waals surface area contributed by atoms with Gasteiger partial charge in [0, 0.05) is 23.7 Å². The third kappa shape index (κ3) is 2.12. The fourth-order valence-electron chi connectivity index (χ4n) is 6.38. The van der Waals surface area contributed by atoms with E-state index in [2.05, 4.69) is 6.92 Å². The van der Waals surface area contributed by atoms with Gasteiger partial charge in [-0.25, -0.2) is 0 Å². The van der Waals surface area contributed by atoms with Crippen LogP contribution in [0.15, 0.2) is 12.2 Å². The molecule has 2 saturated carbocycles. The molecular formula is C21H30O5. The number of carbonyl (C=O) groups excluding carboxylic acids is 3. The molecule has 1 spiro atoms. The van der Waals surface area contributed by atoms with Crippen molar-refractivity contribution in [3.05, 3.63) is 12.2 Å². The third-order valence-electron chi connectivity index (χ3n) is 7.23. The Morgan fingerprint density at radius 3 is 2.35 bits per heavy atom. The average Bonchev–Trinajstić information content (AvgIpc) is 2.99. The molecule has 0 amide bonds. The van der Waals surface area contributed by atoms with E-state index in [1.807, 2.05) is 26.8 Å². The first kappa shape index (κ1) is 19.1. The molecule has 0 aliphatic heterocycles. The van der Waals surface area contributed by atoms with Crippen LogP contribution in [0.3, 0.4) is 0 Å². The molecule has 2 fully saturated rings. The van der Waals surface area contributed by atoms with Crippen LogP contribution in [0.25, 0.3) is 0 Å². The molecule has 144 valence electrons. The predicted molar refractivity (Wildman–Crippen MR) is 96.0 cm³/mol. The first-order chi connectivity index (χ1) is 11.9. The van der Waals surface area contributed by atoms with Gasteiger partial charge in [0.1, 0.15) is 12.2 Å². The molecule has 0 aromatic carbocycles. The molecule has 5 heteroatoms. The first-order valence-electron chi connectivity index (χ1n) is 9.52. The number of hydrogen-bond acceptors (Lipinski definition) is 5. The molecule has 0 radical (unpaired) electrons. The summed E-state index contributed by atoms with van der Waals surface area (Å²) in [6.45, 7) is 13.1. The summed E-state index contributed by atoms with van der Waals surface area (Å²) < 4.78 is 11.7. The maximum atomic E-state index is 13.1. The van der Waals surface area contributed by atoms with Gasteiger partial charge >= 0.3 is 11.9 Å². The van der Waals surface area contributed by atoms with E-state index in [4.69, 9.17) is 9.47 Å². The van der Waals surface area contributed by atoms with E-state index < -0.39 is 22.3 Å². The number of carbonyl (C=O) groups is 3. The smallest absolute Gasteiger partial charge is 0.308 e. The lowest BCUT2D eigenvalue weighted by Gasteiger charge is -2.41. The predicted octanol–water partition coefficient (Wildman–Crippen LogP) is 3.31. The maximum Gasteiger partial charge on any atom is 0.308 e. The average molecular weight is 362 g/mol. The van der Waals surface area contributed by atoms with Gasteiger partial charge in [0.2, 0.25) is 0 Å². The van der Waals surface area contributed by atoms with Gasteiger partial charge < -0.3 is 9.47 Å². The van der Waals surface area contributed by atoms with Crippen LogP contribution in [0, 0.1) is 34.0 Å². The first-order valence-corrected chi connectivity index (χ1v) is 9.52. The van der Waals surface area contributed by atoms with Crippen molar-refractivity contribution in [3.63, 3.8) is 0 Å². The Morgan fingerprint density at radius 1 is 1.19 bits per heavy atom. The fourth-order valence-corrected chi connectivity index (χ4v) is 6.38. The molecule has 3 rings (SSSR count). The van der Waals surface area contributed by atoms with Crippen molar-refractivity contribution >= 4 is 17.7 Å². The minimum absolute atomic E-state index is 0.00459. The Labute approximate surface area is 155 Å². The van der Waals surface area contributed by atoms with Gasteiger partial charge in [-0.3, -0.25) is 14.4 Å². The second kappa shape index (κ2) is 5.67. The Morgan fingerprint density at radius 2 is 1.81 bits per heavy atom. The molecule has 0 unspecified atom stereocenters. The summed E-state index contributed by atoms with van der Waals surface area (Å²) in [6.07, 6.45) is 3.53. The van der Waals surface area contributed by atoms with Crippen LogP contribution in [0.4, 0.5) is 0 Å². The van der Waals surface area contributed by atoms with Crippen LogP contribution in [0.5, 0.6) is 0 Å². The lowest BCUT2D eigenvalue weighted by Crippen LogP contribution is -2.49. The second-order valence-electron chi connectivity index (χ2n) is 9.39. The highest BCUT2D eigenvalue weighted by Crippen LogP contribution is 2.75. The Balaban J connectivity index is 2.14. The monoisotopic (exact) mass is 362 g/mol. The molecule has 0 heterocycles. The van der Waals surface area contributed by atoms with E-state index in [-0.39, 0.29) is 41.6 Å². The fraction of sp³-hybridized carbons (Fsp3) is 0.762. The molecular weight excluding hydrogens is 332 g/mol. The van der Waals surface area contributed by atoms with Gasteiger partial charge in [0.05, 0.1) is 11.3 Å². The highest BCUT2D eigenvalue weighted by atomic mass is 16.6. The second-order valence-corrected chi connectivity index (χ2v) is 9.39. The molecule has 6 atom stereocenters. The molecule has 26 heavy (non-hydrogen) atoms. The van der Waals surface area contributed by atoms with Crippen LogP contribution >= 0.6 is 0 Å². The largest absolute Gasteiger partial charge is 0.462 e. The van der Waals surface area contributed by atoms with Crippen molar-refractivity contribution in [2.45, 2.75) is 67.1 Å². The third-order valence-corrected chi connectivity index (χ3v) is 7.23. The van der Waals surface area contributed by atoms with E-state index in [0.717, 1.165) is 0 Å². The zero-order valence-corrected chi connectivity index (χ0v) is 16.8. The van der Waals surface area contributed by atoms with Gasteiger partial charge in [-0.15, -0.1) is 0 Å². The normalized spacial score (nSPS) is 42.7. The number of ether oxygens (including phenoxy) is 2. The van der Waals surface area contributed by atoms with Crippen molar-refractivity contribution in [3.8, 4) is 0 Å². The number of rotatable bonds is 3. The quantitative estimate of drug-likeness (QED) is 0.721. The summed E-state index contributed by atoms with van der Waals surface area (Å²) in [5, 5.41) is 0. The van der Waals surface area contributed by atoms with Gasteiger partial charge in [0.15, 0.2) is 5.78 Å². The summed E-state index contributed by atoms with van der Waals surface area (Å²) >= 11 is 0. The number of esters is 2. The van der Waals surface area contributed by atoms with Crippen LogP contribution in [0.2, 0.25) is 0 Å². The van der Waals surface area contributed by atoms with E-state index in [1.54, 1.807) is 19.9 Å².